The van der Waals surface area contributed by atoms with Crippen LogP contribution in [0.15, 0.2) is 11.6 Å². The van der Waals surface area contributed by atoms with Crippen LogP contribution in [0.25, 0.3) is 0 Å². The number of hydrogen-bond acceptors (Lipinski definition) is 20. The molecule has 21 nitrogen and oxygen atoms in total. The molecule has 11 N–H and O–H groups in total. The van der Waals surface area contributed by atoms with Crippen LogP contribution in [0.2, 0.25) is 0 Å². The van der Waals surface area contributed by atoms with Crippen molar-refractivity contribution in [3.63, 3.8) is 0 Å². The van der Waals surface area contributed by atoms with Crippen LogP contribution in [0.5, 0.6) is 0 Å². The van der Waals surface area contributed by atoms with E-state index in [4.69, 9.17) is 33.2 Å². The van der Waals surface area contributed by atoms with Gasteiger partial charge in [-0.1, -0.05) is 39.3 Å². The molecule has 0 bridgehead atoms. The van der Waals surface area contributed by atoms with Crippen molar-refractivity contribution in [1.29, 1.82) is 0 Å². The topological polar surface area (TPSA) is 338 Å². The Morgan fingerprint density at radius 2 is 1.39 bits per heavy atom. The van der Waals surface area contributed by atoms with Gasteiger partial charge in [-0.3, -0.25) is 9.59 Å². The van der Waals surface area contributed by atoms with Crippen molar-refractivity contribution in [1.82, 2.24) is 0 Å². The van der Waals surface area contributed by atoms with Gasteiger partial charge < -0.3 is 89.3 Å². The number of carboxylic acid groups (broad SMARTS) is 1. The summed E-state index contributed by atoms with van der Waals surface area (Å²) in [7, 11) is 1.34. The molecule has 8 rings (SSSR count). The monoisotopic (exact) mass is 986 g/mol. The maximum atomic E-state index is 14.8. The van der Waals surface area contributed by atoms with Crippen LogP contribution >= 0.6 is 0 Å². The molecule has 4 saturated carbocycles. The van der Waals surface area contributed by atoms with Crippen LogP contribution < -0.4 is 0 Å². The molecule has 392 valence electrons. The Kier molecular flexibility index (Phi) is 14.4. The lowest BCUT2D eigenvalue weighted by Crippen LogP contribution is -2.67. The van der Waals surface area contributed by atoms with E-state index in [0.717, 1.165) is 5.57 Å². The summed E-state index contributed by atoms with van der Waals surface area (Å²) in [5, 5.41) is 117. The summed E-state index contributed by atoms with van der Waals surface area (Å²) in [4.78, 5) is 40.7. The molecule has 3 saturated heterocycles. The Balaban J connectivity index is 1.07. The highest BCUT2D eigenvalue weighted by Gasteiger charge is 2.71. The Morgan fingerprint density at radius 3 is 2.04 bits per heavy atom. The molecule has 24 atom stereocenters. The van der Waals surface area contributed by atoms with E-state index >= 15 is 0 Å². The van der Waals surface area contributed by atoms with E-state index in [0.29, 0.717) is 51.4 Å². The minimum Gasteiger partial charge on any atom is -0.479 e. The van der Waals surface area contributed by atoms with Crippen LogP contribution in [0.3, 0.4) is 0 Å². The fourth-order valence-corrected chi connectivity index (χ4v) is 15.0. The SMILES string of the molecule is COC(=O)[C@@]1(C)CC[C@]2(C(=O)O[C@@H]3O[C@H](CO)[C@@H](O)[C@H](O)[C@H]3O)CC[C@]3(C)C(=CC[C@@H]4[C@@]5(C)CC[C@H](O[C@@H]6O[C@H](C(=O)O)[C@@H](O)[C@H](O[C@@H]7OC[C@H](O)[C@H](O)[C@H]7O)[C@H]6O)[C@@](C)(CO)[C@@H]5CC[C@]43C)[C@@H]2C1. The zero-order valence-corrected chi connectivity index (χ0v) is 40.2. The summed E-state index contributed by atoms with van der Waals surface area (Å²) in [6.07, 6.45) is -17.9. The van der Waals surface area contributed by atoms with E-state index < -0.39 is 156 Å². The summed E-state index contributed by atoms with van der Waals surface area (Å²) >= 11 is 0. The van der Waals surface area contributed by atoms with Gasteiger partial charge in [0.2, 0.25) is 6.29 Å². The molecule has 0 spiro atoms. The Hall–Kier alpha value is -2.45. The normalized spacial score (nSPS) is 53.0. The average molecular weight is 987 g/mol. The predicted molar refractivity (Wildman–Crippen MR) is 232 cm³/mol. The average Bonchev–Trinajstić information content (AvgIpc) is 3.31. The van der Waals surface area contributed by atoms with Crippen LogP contribution in [0.1, 0.15) is 98.8 Å². The lowest BCUT2D eigenvalue weighted by molar-refractivity contribution is -0.358. The highest BCUT2D eigenvalue weighted by atomic mass is 16.7. The van der Waals surface area contributed by atoms with Crippen molar-refractivity contribution >= 4 is 17.9 Å². The van der Waals surface area contributed by atoms with Gasteiger partial charge in [0.15, 0.2) is 18.7 Å². The van der Waals surface area contributed by atoms with Gasteiger partial charge in [0.1, 0.15) is 61.0 Å². The Bertz CT molecular complexity index is 1970. The highest BCUT2D eigenvalue weighted by molar-refractivity contribution is 5.81. The number of allylic oxidation sites excluding steroid dienone is 2. The summed E-state index contributed by atoms with van der Waals surface area (Å²) in [6, 6.07) is 0. The summed E-state index contributed by atoms with van der Waals surface area (Å²) in [6.45, 7) is 9.02. The molecular formula is C48H74O21. The first-order valence-electron chi connectivity index (χ1n) is 24.4. The van der Waals surface area contributed by atoms with Crippen molar-refractivity contribution < 1.29 is 104 Å². The highest BCUT2D eigenvalue weighted by Crippen LogP contribution is 2.76. The van der Waals surface area contributed by atoms with Crippen LogP contribution in [0, 0.1) is 50.2 Å². The number of aliphatic hydroxyl groups is 10. The molecule has 0 aromatic rings. The molecule has 3 aliphatic heterocycles. The summed E-state index contributed by atoms with van der Waals surface area (Å²) in [5.41, 5.74) is -3.37. The number of aliphatic carboxylic acids is 1. The second-order valence-electron chi connectivity index (χ2n) is 22.8. The van der Waals surface area contributed by atoms with Crippen molar-refractivity contribution in [3.8, 4) is 0 Å². The number of carbonyl (C=O) groups is 3. The lowest BCUT2D eigenvalue weighted by atomic mass is 9.33. The van der Waals surface area contributed by atoms with E-state index in [1.165, 1.54) is 7.11 Å². The van der Waals surface area contributed by atoms with Crippen LogP contribution in [-0.4, -0.2) is 193 Å². The molecule has 0 radical (unpaired) electrons. The quantitative estimate of drug-likeness (QED) is 0.0710. The number of esters is 2. The molecule has 21 heteroatoms. The first kappa shape index (κ1) is 52.9. The predicted octanol–water partition coefficient (Wildman–Crippen LogP) is -1.00. The van der Waals surface area contributed by atoms with Gasteiger partial charge in [0.05, 0.1) is 43.9 Å². The number of rotatable bonds is 10. The van der Waals surface area contributed by atoms with Gasteiger partial charge in [0.25, 0.3) is 0 Å². The molecule has 8 aliphatic rings. The fourth-order valence-electron chi connectivity index (χ4n) is 15.0. The van der Waals surface area contributed by atoms with Gasteiger partial charge in [-0.2, -0.15) is 0 Å². The molecule has 3 heterocycles. The number of hydrogen-bond donors (Lipinski definition) is 11. The molecule has 5 aliphatic carbocycles. The number of aliphatic hydroxyl groups excluding tert-OH is 10. The molecule has 0 unspecified atom stereocenters. The number of fused-ring (bicyclic) bond motifs is 7. The first-order valence-corrected chi connectivity index (χ1v) is 24.4. The van der Waals surface area contributed by atoms with E-state index in [-0.39, 0.29) is 36.7 Å². The second-order valence-corrected chi connectivity index (χ2v) is 22.8. The zero-order chi connectivity index (χ0) is 50.6. The van der Waals surface area contributed by atoms with Crippen molar-refractivity contribution in [2.24, 2.45) is 50.2 Å². The first-order chi connectivity index (χ1) is 32.3. The maximum Gasteiger partial charge on any atom is 0.335 e. The van der Waals surface area contributed by atoms with Gasteiger partial charge in [0, 0.05) is 5.41 Å². The van der Waals surface area contributed by atoms with Crippen molar-refractivity contribution in [2.75, 3.05) is 26.9 Å². The van der Waals surface area contributed by atoms with E-state index in [1.807, 2.05) is 13.8 Å². The molecule has 7 fully saturated rings. The zero-order valence-electron chi connectivity index (χ0n) is 40.2. The minimum atomic E-state index is -1.97. The third-order valence-electron chi connectivity index (χ3n) is 19.5. The molecule has 0 amide bonds. The van der Waals surface area contributed by atoms with E-state index in [2.05, 4.69) is 26.8 Å². The Labute approximate surface area is 400 Å². The number of carbonyl (C=O) groups excluding carboxylic acids is 2. The molecule has 69 heavy (non-hydrogen) atoms. The third kappa shape index (κ3) is 8.12. The molecular weight excluding hydrogens is 913 g/mol. The van der Waals surface area contributed by atoms with Crippen LogP contribution in [0.4, 0.5) is 0 Å². The van der Waals surface area contributed by atoms with Gasteiger partial charge in [-0.05, 0) is 105 Å². The van der Waals surface area contributed by atoms with Crippen molar-refractivity contribution in [2.45, 2.75) is 191 Å². The van der Waals surface area contributed by atoms with Crippen molar-refractivity contribution in [3.05, 3.63) is 11.6 Å². The second kappa shape index (κ2) is 18.8. The van der Waals surface area contributed by atoms with Gasteiger partial charge in [-0.25, -0.2) is 4.79 Å². The third-order valence-corrected chi connectivity index (χ3v) is 19.5. The van der Waals surface area contributed by atoms with Gasteiger partial charge in [-0.15, -0.1) is 0 Å². The number of ether oxygens (including phenoxy) is 7. The van der Waals surface area contributed by atoms with E-state index in [9.17, 15) is 70.6 Å². The van der Waals surface area contributed by atoms with Gasteiger partial charge >= 0.3 is 17.9 Å². The smallest absolute Gasteiger partial charge is 0.335 e. The number of carboxylic acids is 1. The minimum absolute atomic E-state index is 0.0325. The standard InChI is InChI=1S/C48H74O21/c1-43(41(61)63-6)13-15-48(42(62)69-39-32(56)30(54)29(53)24(18-49)65-39)16-14-46(4)21(22(48)17-43)7-8-26-44(2)11-10-27(45(3,20-50)25(44)9-12-47(26,46)5)66-40-34(58)35(33(57)36(68-40)37(59)60)67-38-31(55)28(52)23(51)19-64-38/h7,22-36,38-40,49-58H,8-20H2,1-6H3,(H,59,60)/t22-,23-,24+,25+,26+,27-,28-,29+,30-,31+,32+,33-,34+,35-,36-,38-,39-,40+,43-,44-,45-,46+,47+,48-/m0/s1. The summed E-state index contributed by atoms with van der Waals surface area (Å²) < 4.78 is 40.2. The number of methoxy groups -OCH3 is 1. The largest absolute Gasteiger partial charge is 0.479 e. The fraction of sp³-hybridized carbons (Fsp3) is 0.896. The maximum absolute atomic E-state index is 14.8. The Morgan fingerprint density at radius 1 is 0.710 bits per heavy atom. The van der Waals surface area contributed by atoms with E-state index in [1.54, 1.807) is 0 Å². The van der Waals surface area contributed by atoms with Crippen LogP contribution in [-0.2, 0) is 47.5 Å². The molecule has 0 aromatic heterocycles. The summed E-state index contributed by atoms with van der Waals surface area (Å²) in [5.74, 6) is -3.30. The lowest BCUT2D eigenvalue weighted by Gasteiger charge is -2.71. The molecule has 0 aromatic carbocycles.